The fourth-order valence-electron chi connectivity index (χ4n) is 7.56. The van der Waals surface area contributed by atoms with Crippen molar-refractivity contribution in [2.75, 3.05) is 6.54 Å². The van der Waals surface area contributed by atoms with Crippen molar-refractivity contribution in [3.8, 4) is 0 Å². The molecule has 0 spiro atoms. The minimum absolute atomic E-state index is 0.146. The number of amides is 1. The maximum Gasteiger partial charge on any atom is 0.237 e. The molecule has 140 valence electrons. The highest BCUT2D eigenvalue weighted by molar-refractivity contribution is 5.79. The summed E-state index contributed by atoms with van der Waals surface area (Å²) in [5.74, 6) is 0.752. The monoisotopic (exact) mass is 356 g/mol. The maximum atomic E-state index is 13.4. The molecule has 0 saturated heterocycles. The van der Waals surface area contributed by atoms with E-state index in [9.17, 15) is 9.18 Å². The average Bonchev–Trinajstić information content (AvgIpc) is 2.92. The molecule has 0 aromatic heterocycles. The molecule has 6 rings (SSSR count). The van der Waals surface area contributed by atoms with Gasteiger partial charge >= 0.3 is 0 Å². The summed E-state index contributed by atoms with van der Waals surface area (Å²) >= 11 is 0. The molecule has 0 radical (unpaired) electrons. The van der Waals surface area contributed by atoms with Gasteiger partial charge in [0.2, 0.25) is 5.91 Å². The van der Waals surface area contributed by atoms with Gasteiger partial charge in [0.1, 0.15) is 5.82 Å². The van der Waals surface area contributed by atoms with Gasteiger partial charge in [-0.3, -0.25) is 4.79 Å². The highest BCUT2D eigenvalue weighted by atomic mass is 19.1. The Bertz CT molecular complexity index is 757. The lowest BCUT2D eigenvalue weighted by molar-refractivity contribution is -0.136. The number of hydrogen-bond acceptors (Lipinski definition) is 2. The number of fused-ring (bicyclic) bond motifs is 1. The van der Waals surface area contributed by atoms with Crippen LogP contribution in [-0.2, 0) is 17.9 Å². The van der Waals surface area contributed by atoms with Gasteiger partial charge in [-0.2, -0.15) is 0 Å². The van der Waals surface area contributed by atoms with E-state index >= 15 is 0 Å². The van der Waals surface area contributed by atoms with Crippen molar-refractivity contribution in [3.05, 3.63) is 35.1 Å². The van der Waals surface area contributed by atoms with Gasteiger partial charge in [0.05, 0.1) is 6.54 Å². The summed E-state index contributed by atoms with van der Waals surface area (Å²) in [7, 11) is 0. The molecule has 4 bridgehead atoms. The number of nitrogens with one attached hydrogen (secondary N) is 1. The van der Waals surface area contributed by atoms with Crippen LogP contribution in [0.5, 0.6) is 0 Å². The van der Waals surface area contributed by atoms with Crippen LogP contribution in [0.25, 0.3) is 0 Å². The van der Waals surface area contributed by atoms with Crippen molar-refractivity contribution >= 4 is 5.91 Å². The Labute approximate surface area is 155 Å². The second-order valence-electron chi connectivity index (χ2n) is 10.4. The van der Waals surface area contributed by atoms with E-state index in [0.717, 1.165) is 17.0 Å². The van der Waals surface area contributed by atoms with Gasteiger partial charge < -0.3 is 10.2 Å². The predicted octanol–water partition coefficient (Wildman–Crippen LogP) is 4.01. The first-order chi connectivity index (χ1) is 12.3. The Morgan fingerprint density at radius 2 is 1.81 bits per heavy atom. The Morgan fingerprint density at radius 1 is 1.12 bits per heavy atom. The van der Waals surface area contributed by atoms with Crippen LogP contribution in [0.1, 0.15) is 63.5 Å². The second-order valence-corrected chi connectivity index (χ2v) is 10.4. The van der Waals surface area contributed by atoms with Crippen LogP contribution in [0.4, 0.5) is 4.39 Å². The summed E-state index contributed by atoms with van der Waals surface area (Å²) in [6, 6.07) is 4.87. The molecule has 4 fully saturated rings. The van der Waals surface area contributed by atoms with Crippen molar-refractivity contribution in [1.82, 2.24) is 10.2 Å². The van der Waals surface area contributed by atoms with E-state index in [1.54, 1.807) is 6.07 Å². The number of carbonyl (C=O) groups excluding carboxylic acids is 1. The topological polar surface area (TPSA) is 32.3 Å². The minimum Gasteiger partial charge on any atom is -0.333 e. The standard InChI is InChI=1S/C22H29FN2O/c1-20-6-15-7-21(2,12-20)14-22(8-15,13-20)24-9-19(26)25-10-16-3-4-18(23)5-17(16)11-25/h3-5,15,24H,6-14H2,1-2H3. The van der Waals surface area contributed by atoms with E-state index < -0.39 is 0 Å². The largest absolute Gasteiger partial charge is 0.333 e. The third-order valence-corrected chi connectivity index (χ3v) is 7.48. The van der Waals surface area contributed by atoms with E-state index in [0.29, 0.717) is 30.5 Å². The summed E-state index contributed by atoms with van der Waals surface area (Å²) in [4.78, 5) is 14.7. The fourth-order valence-corrected chi connectivity index (χ4v) is 7.56. The smallest absolute Gasteiger partial charge is 0.237 e. The van der Waals surface area contributed by atoms with Crippen molar-refractivity contribution in [1.29, 1.82) is 0 Å². The summed E-state index contributed by atoms with van der Waals surface area (Å²) in [5.41, 5.74) is 3.08. The second kappa shape index (κ2) is 5.31. The Kier molecular flexibility index (Phi) is 3.42. The van der Waals surface area contributed by atoms with Crippen molar-refractivity contribution in [2.24, 2.45) is 16.7 Å². The van der Waals surface area contributed by atoms with Gasteiger partial charge in [-0.05, 0) is 78.5 Å². The average molecular weight is 356 g/mol. The summed E-state index contributed by atoms with van der Waals surface area (Å²) in [5, 5.41) is 3.73. The van der Waals surface area contributed by atoms with E-state index in [1.807, 2.05) is 11.0 Å². The quantitative estimate of drug-likeness (QED) is 0.888. The van der Waals surface area contributed by atoms with Crippen LogP contribution < -0.4 is 5.32 Å². The SMILES string of the molecule is CC12CC3CC(C)(C1)CC(NCC(=O)N1Cc4ccc(F)cc4C1)(C3)C2. The van der Waals surface area contributed by atoms with E-state index in [4.69, 9.17) is 0 Å². The van der Waals surface area contributed by atoms with Gasteiger partial charge in [0.25, 0.3) is 0 Å². The van der Waals surface area contributed by atoms with Gasteiger partial charge in [0, 0.05) is 18.6 Å². The first kappa shape index (κ1) is 16.7. The first-order valence-corrected chi connectivity index (χ1v) is 10.1. The van der Waals surface area contributed by atoms with Crippen LogP contribution in [-0.4, -0.2) is 22.9 Å². The lowest BCUT2D eigenvalue weighted by Gasteiger charge is -2.65. The normalized spacial score (nSPS) is 40.1. The third-order valence-electron chi connectivity index (χ3n) is 7.48. The lowest BCUT2D eigenvalue weighted by atomic mass is 9.43. The molecule has 1 heterocycles. The summed E-state index contributed by atoms with van der Waals surface area (Å²) < 4.78 is 13.4. The molecule has 1 aliphatic heterocycles. The molecule has 5 aliphatic rings. The summed E-state index contributed by atoms with van der Waals surface area (Å²) in [6.07, 6.45) is 7.74. The molecule has 1 aromatic rings. The van der Waals surface area contributed by atoms with Gasteiger partial charge in [-0.25, -0.2) is 4.39 Å². The molecule has 3 nitrogen and oxygen atoms in total. The van der Waals surface area contributed by atoms with E-state index in [-0.39, 0.29) is 17.3 Å². The molecular formula is C22H29FN2O. The Balaban J connectivity index is 1.26. The van der Waals surface area contributed by atoms with Crippen LogP contribution in [0, 0.1) is 22.6 Å². The van der Waals surface area contributed by atoms with Crippen LogP contribution in [0.3, 0.4) is 0 Å². The van der Waals surface area contributed by atoms with Crippen LogP contribution in [0.2, 0.25) is 0 Å². The molecule has 2 unspecified atom stereocenters. The molecule has 1 N–H and O–H groups in total. The fraction of sp³-hybridized carbons (Fsp3) is 0.682. The Hall–Kier alpha value is -1.42. The zero-order valence-corrected chi connectivity index (χ0v) is 15.9. The van der Waals surface area contributed by atoms with Crippen molar-refractivity contribution in [2.45, 2.75) is 71.0 Å². The number of hydrogen-bond donors (Lipinski definition) is 1. The van der Waals surface area contributed by atoms with E-state index in [2.05, 4.69) is 19.2 Å². The Morgan fingerprint density at radius 3 is 2.50 bits per heavy atom. The highest BCUT2D eigenvalue weighted by Crippen LogP contribution is 2.66. The summed E-state index contributed by atoms with van der Waals surface area (Å²) in [6.45, 7) is 6.48. The number of halogens is 1. The van der Waals surface area contributed by atoms with Crippen LogP contribution in [0.15, 0.2) is 18.2 Å². The highest BCUT2D eigenvalue weighted by Gasteiger charge is 2.59. The van der Waals surface area contributed by atoms with Crippen molar-refractivity contribution < 1.29 is 9.18 Å². The zero-order chi connectivity index (χ0) is 18.2. The molecule has 4 heteroatoms. The molecule has 1 amide bonds. The molecule has 1 aromatic carbocycles. The zero-order valence-electron chi connectivity index (χ0n) is 15.9. The number of rotatable bonds is 3. The number of benzene rings is 1. The van der Waals surface area contributed by atoms with Crippen LogP contribution >= 0.6 is 0 Å². The first-order valence-electron chi connectivity index (χ1n) is 10.1. The van der Waals surface area contributed by atoms with Crippen molar-refractivity contribution in [3.63, 3.8) is 0 Å². The van der Waals surface area contributed by atoms with Gasteiger partial charge in [-0.15, -0.1) is 0 Å². The third kappa shape index (κ3) is 2.69. The minimum atomic E-state index is -0.216. The molecule has 2 atom stereocenters. The van der Waals surface area contributed by atoms with Gasteiger partial charge in [0.15, 0.2) is 0 Å². The lowest BCUT2D eigenvalue weighted by Crippen LogP contribution is -2.65. The number of carbonyl (C=O) groups is 1. The molecule has 4 saturated carbocycles. The van der Waals surface area contributed by atoms with Gasteiger partial charge in [-0.1, -0.05) is 19.9 Å². The maximum absolute atomic E-state index is 13.4. The molecular weight excluding hydrogens is 327 g/mol. The predicted molar refractivity (Wildman–Crippen MR) is 98.8 cm³/mol. The molecule has 26 heavy (non-hydrogen) atoms. The van der Waals surface area contributed by atoms with E-state index in [1.165, 1.54) is 44.6 Å². The number of nitrogens with zero attached hydrogens (tertiary/aromatic N) is 1. The molecule has 4 aliphatic carbocycles.